The molecule has 6 aromatic carbocycles. The van der Waals surface area contributed by atoms with E-state index in [9.17, 15) is 0 Å². The maximum Gasteiger partial charge on any atom is 0.268 e. The number of rotatable bonds is 2. The Kier molecular flexibility index (Phi) is 5.42. The number of anilines is 3. The lowest BCUT2D eigenvalue weighted by molar-refractivity contribution is 0.646. The molecule has 0 bridgehead atoms. The molecule has 0 radical (unpaired) electrons. The predicted molar refractivity (Wildman–Crippen MR) is 195 cm³/mol. The van der Waals surface area contributed by atoms with Crippen LogP contribution in [0.5, 0.6) is 0 Å². The lowest BCUT2D eigenvalue weighted by atomic mass is 9.31. The van der Waals surface area contributed by atoms with Crippen LogP contribution in [-0.2, 0) is 18.3 Å². The number of fused-ring (bicyclic) bond motifs is 9. The Morgan fingerprint density at radius 1 is 0.630 bits per heavy atom. The van der Waals surface area contributed by atoms with Gasteiger partial charge >= 0.3 is 0 Å². The minimum absolute atomic E-state index is 0.0947. The number of nitrogens with zero attached hydrogens (tertiary/aromatic N) is 2. The molecule has 0 saturated heterocycles. The van der Waals surface area contributed by atoms with Gasteiger partial charge in [-0.15, -0.1) is 0 Å². The van der Waals surface area contributed by atoms with E-state index in [0.29, 0.717) is 0 Å². The quantitative estimate of drug-likeness (QED) is 0.183. The molecule has 0 atom stereocenters. The zero-order valence-corrected chi connectivity index (χ0v) is 26.4. The highest BCUT2D eigenvalue weighted by Gasteiger charge is 2.48. The first-order chi connectivity index (χ1) is 22.6. The van der Waals surface area contributed by atoms with Crippen LogP contribution in [0.25, 0.3) is 27.4 Å². The van der Waals surface area contributed by atoms with E-state index in [1.165, 1.54) is 97.8 Å². The number of aromatic nitrogens is 1. The summed E-state index contributed by atoms with van der Waals surface area (Å²) in [4.78, 5) is 2.55. The normalized spacial score (nSPS) is 15.8. The summed E-state index contributed by atoms with van der Waals surface area (Å²) in [6.45, 7) is 5.00. The summed E-state index contributed by atoms with van der Waals surface area (Å²) >= 11 is 0. The van der Waals surface area contributed by atoms with Gasteiger partial charge in [0.05, 0.1) is 11.2 Å². The van der Waals surface area contributed by atoms with Gasteiger partial charge in [0.2, 0.25) is 0 Å². The minimum Gasteiger partial charge on any atom is -0.319 e. The fourth-order valence-corrected chi connectivity index (χ4v) is 9.17. The molecule has 0 fully saturated rings. The number of aryl methyl sites for hydroxylation is 2. The van der Waals surface area contributed by atoms with E-state index in [1.54, 1.807) is 11.1 Å². The highest BCUT2D eigenvalue weighted by molar-refractivity contribution is 6.99. The standard InChI is InChI=1S/C43H35BN2/c1-43(2)35-21-13-23-39-40(35)44(37-26-29-25-24-28-14-9-10-19-32(28)34(29)27-36(37)43)42-41(45(39)30-15-5-3-6-16-30)33-20-11-12-22-38(33)46(42)31-17-7-4-8-18-31/h3-8,11-13,15-18,20-27H,9-10,14,19H2,1-2H3. The first kappa shape index (κ1) is 26.2. The summed E-state index contributed by atoms with van der Waals surface area (Å²) in [6.07, 6.45) is 4.99. The molecule has 46 heavy (non-hydrogen) atoms. The van der Waals surface area contributed by atoms with Crippen molar-refractivity contribution in [2.75, 3.05) is 4.90 Å². The van der Waals surface area contributed by atoms with Gasteiger partial charge in [-0.3, -0.25) is 0 Å². The number of para-hydroxylation sites is 3. The Labute approximate surface area is 271 Å². The van der Waals surface area contributed by atoms with E-state index < -0.39 is 0 Å². The van der Waals surface area contributed by atoms with Crippen LogP contribution in [0, 0.1) is 0 Å². The van der Waals surface area contributed by atoms with Crippen LogP contribution in [0.3, 0.4) is 0 Å². The van der Waals surface area contributed by atoms with Gasteiger partial charge in [-0.25, -0.2) is 0 Å². The molecule has 0 spiro atoms. The third-order valence-corrected chi connectivity index (χ3v) is 11.2. The molecule has 3 heterocycles. The fourth-order valence-electron chi connectivity index (χ4n) is 9.17. The van der Waals surface area contributed by atoms with E-state index in [0.717, 1.165) is 0 Å². The Bertz CT molecular complexity index is 2350. The third kappa shape index (κ3) is 3.43. The Balaban J connectivity index is 1.38. The molecule has 0 saturated carbocycles. The molecule has 1 aliphatic carbocycles. The van der Waals surface area contributed by atoms with Gasteiger partial charge in [0.15, 0.2) is 0 Å². The van der Waals surface area contributed by atoms with E-state index in [2.05, 4.69) is 151 Å². The summed E-state index contributed by atoms with van der Waals surface area (Å²) in [5, 5.41) is 4.13. The van der Waals surface area contributed by atoms with Gasteiger partial charge in [-0.1, -0.05) is 110 Å². The van der Waals surface area contributed by atoms with Gasteiger partial charge in [0, 0.05) is 33.5 Å². The molecule has 1 aromatic heterocycles. The van der Waals surface area contributed by atoms with Crippen LogP contribution in [0.4, 0.5) is 17.1 Å². The van der Waals surface area contributed by atoms with E-state index >= 15 is 0 Å². The lowest BCUT2D eigenvalue weighted by Gasteiger charge is -2.45. The summed E-state index contributed by atoms with van der Waals surface area (Å²) in [6, 6.07) is 48.0. The van der Waals surface area contributed by atoms with Gasteiger partial charge < -0.3 is 9.47 Å². The van der Waals surface area contributed by atoms with Gasteiger partial charge in [0.25, 0.3) is 6.71 Å². The summed E-state index contributed by atoms with van der Waals surface area (Å²) in [5.74, 6) is 0. The van der Waals surface area contributed by atoms with E-state index in [-0.39, 0.29) is 12.1 Å². The SMILES string of the molecule is CC1(C)c2cc3c4c(ccc3cc2B2c3c(cccc31)N(c1ccccc1)c1c2n(-c2ccccc2)c2ccccc12)CCCC4. The molecule has 2 nitrogen and oxygen atoms in total. The summed E-state index contributed by atoms with van der Waals surface area (Å²) in [5.41, 5.74) is 16.4. The van der Waals surface area contributed by atoms with Crippen LogP contribution in [0.1, 0.15) is 48.9 Å². The van der Waals surface area contributed by atoms with Gasteiger partial charge in [-0.2, -0.15) is 0 Å². The van der Waals surface area contributed by atoms with Crippen molar-refractivity contribution in [1.82, 2.24) is 4.57 Å². The zero-order valence-electron chi connectivity index (χ0n) is 26.4. The molecule has 0 unspecified atom stereocenters. The molecule has 2 aliphatic heterocycles. The Morgan fingerprint density at radius 3 is 2.20 bits per heavy atom. The second-order valence-electron chi connectivity index (χ2n) is 14.0. The molecule has 3 heteroatoms. The van der Waals surface area contributed by atoms with Crippen LogP contribution in [0.15, 0.2) is 127 Å². The van der Waals surface area contributed by atoms with Crippen LogP contribution in [0.2, 0.25) is 0 Å². The predicted octanol–water partition coefficient (Wildman–Crippen LogP) is 8.60. The van der Waals surface area contributed by atoms with E-state index in [1.807, 2.05) is 0 Å². The van der Waals surface area contributed by atoms with Crippen molar-refractivity contribution in [2.45, 2.75) is 44.9 Å². The molecule has 220 valence electrons. The maximum absolute atomic E-state index is 2.60. The monoisotopic (exact) mass is 590 g/mol. The smallest absolute Gasteiger partial charge is 0.268 e. The molecule has 0 amide bonds. The Morgan fingerprint density at radius 2 is 1.37 bits per heavy atom. The first-order valence-electron chi connectivity index (χ1n) is 16.9. The number of benzene rings is 6. The van der Waals surface area contributed by atoms with Crippen LogP contribution >= 0.6 is 0 Å². The molecule has 3 aliphatic rings. The topological polar surface area (TPSA) is 8.17 Å². The lowest BCUT2D eigenvalue weighted by Crippen LogP contribution is -2.65. The van der Waals surface area contributed by atoms with Crippen molar-refractivity contribution < 1.29 is 0 Å². The van der Waals surface area contributed by atoms with Crippen molar-refractivity contribution in [3.63, 3.8) is 0 Å². The first-order valence-corrected chi connectivity index (χ1v) is 16.9. The van der Waals surface area contributed by atoms with Crippen LogP contribution < -0.4 is 21.4 Å². The van der Waals surface area contributed by atoms with Crippen molar-refractivity contribution in [1.29, 1.82) is 0 Å². The fraction of sp³-hybridized carbons (Fsp3) is 0.163. The zero-order chi connectivity index (χ0) is 30.6. The van der Waals surface area contributed by atoms with E-state index in [4.69, 9.17) is 0 Å². The van der Waals surface area contributed by atoms with Crippen molar-refractivity contribution in [3.05, 3.63) is 150 Å². The van der Waals surface area contributed by atoms with Gasteiger partial charge in [0.1, 0.15) is 0 Å². The molecule has 7 aromatic rings. The molecule has 10 rings (SSSR count). The van der Waals surface area contributed by atoms with Crippen molar-refractivity contribution in [2.24, 2.45) is 0 Å². The summed E-state index contributed by atoms with van der Waals surface area (Å²) in [7, 11) is 0. The van der Waals surface area contributed by atoms with Crippen molar-refractivity contribution >= 4 is 62.0 Å². The molecule has 0 N–H and O–H groups in total. The second kappa shape index (κ2) is 9.50. The minimum atomic E-state index is -0.147. The third-order valence-electron chi connectivity index (χ3n) is 11.2. The Hall–Kier alpha value is -5.02. The number of hydrogen-bond acceptors (Lipinski definition) is 1. The maximum atomic E-state index is 2.60. The summed E-state index contributed by atoms with van der Waals surface area (Å²) < 4.78 is 2.56. The molecular formula is C43H35BN2. The molecular weight excluding hydrogens is 555 g/mol. The van der Waals surface area contributed by atoms with Gasteiger partial charge in [-0.05, 0) is 101 Å². The average Bonchev–Trinajstić information content (AvgIpc) is 3.44. The highest BCUT2D eigenvalue weighted by Crippen LogP contribution is 2.46. The largest absolute Gasteiger partial charge is 0.319 e. The van der Waals surface area contributed by atoms with Crippen molar-refractivity contribution in [3.8, 4) is 5.69 Å². The second-order valence-corrected chi connectivity index (χ2v) is 14.0. The highest BCUT2D eigenvalue weighted by atomic mass is 15.2. The number of hydrogen-bond donors (Lipinski definition) is 0. The average molecular weight is 591 g/mol. The van der Waals surface area contributed by atoms with Crippen LogP contribution in [-0.4, -0.2) is 11.3 Å².